The summed E-state index contributed by atoms with van der Waals surface area (Å²) in [6.07, 6.45) is 0.508. The lowest BCUT2D eigenvalue weighted by atomic mass is 10.1. The molecule has 0 aliphatic carbocycles. The van der Waals surface area contributed by atoms with Gasteiger partial charge in [-0.1, -0.05) is 60.2 Å². The summed E-state index contributed by atoms with van der Waals surface area (Å²) in [5, 5.41) is 7.40. The van der Waals surface area contributed by atoms with Crippen LogP contribution in [-0.2, 0) is 16.4 Å². The van der Waals surface area contributed by atoms with E-state index in [1.54, 1.807) is 10.7 Å². The molecule has 1 amide bonds. The number of sulfone groups is 1. The maximum atomic E-state index is 12.7. The fraction of sp³-hybridized carbons (Fsp3) is 0.273. The number of carbonyl (C=O) groups excluding carboxylic acids is 1. The fourth-order valence-electron chi connectivity index (χ4n) is 3.56. The minimum Gasteiger partial charge on any atom is -0.347 e. The van der Waals surface area contributed by atoms with E-state index in [1.165, 1.54) is 0 Å². The largest absolute Gasteiger partial charge is 0.347 e. The molecule has 2 aromatic carbocycles. The highest BCUT2D eigenvalue weighted by Gasteiger charge is 2.32. The molecule has 2 heterocycles. The van der Waals surface area contributed by atoms with Crippen LogP contribution >= 0.6 is 0 Å². The average Bonchev–Trinajstić information content (AvgIpc) is 3.31. The van der Waals surface area contributed by atoms with Gasteiger partial charge in [-0.2, -0.15) is 5.10 Å². The number of amides is 1. The van der Waals surface area contributed by atoms with E-state index < -0.39 is 9.84 Å². The van der Waals surface area contributed by atoms with Crippen LogP contribution in [0.2, 0.25) is 0 Å². The molecule has 1 aromatic heterocycles. The van der Waals surface area contributed by atoms with E-state index >= 15 is 0 Å². The monoisotopic (exact) mass is 409 g/mol. The smallest absolute Gasteiger partial charge is 0.272 e. The van der Waals surface area contributed by atoms with Gasteiger partial charge in [0.2, 0.25) is 0 Å². The first-order chi connectivity index (χ1) is 13.9. The number of hydrogen-bond acceptors (Lipinski definition) is 4. The van der Waals surface area contributed by atoms with Crippen LogP contribution in [0.15, 0.2) is 60.7 Å². The molecule has 1 aliphatic heterocycles. The average molecular weight is 410 g/mol. The molecule has 1 saturated heterocycles. The van der Waals surface area contributed by atoms with Crippen molar-refractivity contribution in [2.24, 2.45) is 0 Å². The van der Waals surface area contributed by atoms with E-state index in [1.807, 2.05) is 61.5 Å². The van der Waals surface area contributed by atoms with Gasteiger partial charge in [-0.25, -0.2) is 8.42 Å². The minimum atomic E-state index is -3.07. The van der Waals surface area contributed by atoms with Gasteiger partial charge in [0.05, 0.1) is 23.2 Å². The number of aryl methyl sites for hydroxylation is 1. The van der Waals surface area contributed by atoms with Crippen molar-refractivity contribution in [1.29, 1.82) is 0 Å². The molecule has 0 unspecified atom stereocenters. The van der Waals surface area contributed by atoms with Crippen molar-refractivity contribution < 1.29 is 13.2 Å². The predicted octanol–water partition coefficient (Wildman–Crippen LogP) is 3.15. The second kappa shape index (κ2) is 7.83. The molecule has 0 saturated carbocycles. The van der Waals surface area contributed by atoms with Gasteiger partial charge in [0.1, 0.15) is 0 Å². The standard InChI is InChI=1S/C22H23N3O3S/c1-16-7-9-18(10-8-16)21-13-20(22(26)23-14-17-5-3-2-4-6-17)24-25(21)19-11-12-29(27,28)15-19/h2-10,13,19H,11-12,14-15H2,1H3,(H,23,26)/t19-/m1/s1. The maximum Gasteiger partial charge on any atom is 0.272 e. The Kier molecular flexibility index (Phi) is 5.24. The van der Waals surface area contributed by atoms with Crippen molar-refractivity contribution in [3.8, 4) is 11.3 Å². The lowest BCUT2D eigenvalue weighted by Gasteiger charge is -2.13. The molecule has 1 atom stereocenters. The number of benzene rings is 2. The molecule has 0 radical (unpaired) electrons. The van der Waals surface area contributed by atoms with Crippen molar-refractivity contribution in [3.63, 3.8) is 0 Å². The van der Waals surface area contributed by atoms with Gasteiger partial charge in [-0.05, 0) is 30.5 Å². The molecular weight excluding hydrogens is 386 g/mol. The van der Waals surface area contributed by atoms with Gasteiger partial charge in [-0.3, -0.25) is 9.48 Å². The van der Waals surface area contributed by atoms with Gasteiger partial charge < -0.3 is 5.32 Å². The topological polar surface area (TPSA) is 81.1 Å². The Balaban J connectivity index is 1.63. The second-order valence-corrected chi connectivity index (χ2v) is 9.68. The Bertz CT molecular complexity index is 1120. The molecule has 1 aliphatic rings. The Morgan fingerprint density at radius 1 is 1.14 bits per heavy atom. The summed E-state index contributed by atoms with van der Waals surface area (Å²) in [7, 11) is -3.07. The first-order valence-corrected chi connectivity index (χ1v) is 11.4. The highest BCUT2D eigenvalue weighted by atomic mass is 32.2. The van der Waals surface area contributed by atoms with Gasteiger partial charge in [0.15, 0.2) is 15.5 Å². The van der Waals surface area contributed by atoms with Gasteiger partial charge in [-0.15, -0.1) is 0 Å². The molecule has 7 heteroatoms. The van der Waals surface area contributed by atoms with Gasteiger partial charge in [0, 0.05) is 6.54 Å². The second-order valence-electron chi connectivity index (χ2n) is 7.45. The SMILES string of the molecule is Cc1ccc(-c2cc(C(=O)NCc3ccccc3)nn2[C@@H]2CCS(=O)(=O)C2)cc1. The van der Waals surface area contributed by atoms with Crippen LogP contribution in [-0.4, -0.2) is 35.6 Å². The number of aromatic nitrogens is 2. The van der Waals surface area contributed by atoms with Crippen LogP contribution in [0.4, 0.5) is 0 Å². The number of nitrogens with one attached hydrogen (secondary N) is 1. The van der Waals surface area contributed by atoms with Crippen molar-refractivity contribution >= 4 is 15.7 Å². The molecule has 0 bridgehead atoms. The molecule has 0 spiro atoms. The Hall–Kier alpha value is -2.93. The summed E-state index contributed by atoms with van der Waals surface area (Å²) < 4.78 is 25.7. The number of hydrogen-bond donors (Lipinski definition) is 1. The summed E-state index contributed by atoms with van der Waals surface area (Å²) >= 11 is 0. The van der Waals surface area contributed by atoms with E-state index in [4.69, 9.17) is 0 Å². The zero-order valence-corrected chi connectivity index (χ0v) is 17.0. The van der Waals surface area contributed by atoms with Crippen LogP contribution in [0.25, 0.3) is 11.3 Å². The van der Waals surface area contributed by atoms with Crippen LogP contribution in [0.1, 0.15) is 34.1 Å². The van der Waals surface area contributed by atoms with Crippen LogP contribution in [0.3, 0.4) is 0 Å². The number of carbonyl (C=O) groups is 1. The third-order valence-corrected chi connectivity index (χ3v) is 6.92. The van der Waals surface area contributed by atoms with E-state index in [9.17, 15) is 13.2 Å². The molecule has 4 rings (SSSR count). The van der Waals surface area contributed by atoms with Crippen molar-refractivity contribution in [2.75, 3.05) is 11.5 Å². The van der Waals surface area contributed by atoms with Crippen molar-refractivity contribution in [1.82, 2.24) is 15.1 Å². The van der Waals surface area contributed by atoms with E-state index in [2.05, 4.69) is 10.4 Å². The molecular formula is C22H23N3O3S. The summed E-state index contributed by atoms with van der Waals surface area (Å²) in [5.41, 5.74) is 4.09. The zero-order chi connectivity index (χ0) is 20.4. The first kappa shape index (κ1) is 19.4. The van der Waals surface area contributed by atoms with E-state index in [-0.39, 0.29) is 23.5 Å². The van der Waals surface area contributed by atoms with E-state index in [0.717, 1.165) is 22.4 Å². The normalized spacial score (nSPS) is 17.9. The van der Waals surface area contributed by atoms with Gasteiger partial charge >= 0.3 is 0 Å². The number of nitrogens with zero attached hydrogens (tertiary/aromatic N) is 2. The Morgan fingerprint density at radius 2 is 1.86 bits per heavy atom. The third kappa shape index (κ3) is 4.40. The molecule has 1 N–H and O–H groups in total. The highest BCUT2D eigenvalue weighted by molar-refractivity contribution is 7.91. The lowest BCUT2D eigenvalue weighted by Crippen LogP contribution is -2.23. The Labute approximate surface area is 170 Å². The zero-order valence-electron chi connectivity index (χ0n) is 16.2. The first-order valence-electron chi connectivity index (χ1n) is 9.60. The van der Waals surface area contributed by atoms with Gasteiger partial charge in [0.25, 0.3) is 5.91 Å². The summed E-state index contributed by atoms with van der Waals surface area (Å²) in [6.45, 7) is 2.41. The Morgan fingerprint density at radius 3 is 2.52 bits per heavy atom. The molecule has 150 valence electrons. The lowest BCUT2D eigenvalue weighted by molar-refractivity contribution is 0.0945. The summed E-state index contributed by atoms with van der Waals surface area (Å²) in [4.78, 5) is 12.7. The van der Waals surface area contributed by atoms with Crippen molar-refractivity contribution in [2.45, 2.75) is 25.9 Å². The molecule has 29 heavy (non-hydrogen) atoms. The van der Waals surface area contributed by atoms with Crippen molar-refractivity contribution in [3.05, 3.63) is 77.5 Å². The highest BCUT2D eigenvalue weighted by Crippen LogP contribution is 2.30. The minimum absolute atomic E-state index is 0.0542. The summed E-state index contributed by atoms with van der Waals surface area (Å²) in [6, 6.07) is 19.1. The molecule has 6 nitrogen and oxygen atoms in total. The molecule has 3 aromatic rings. The van der Waals surface area contributed by atoms with E-state index in [0.29, 0.717) is 18.7 Å². The fourth-order valence-corrected chi connectivity index (χ4v) is 5.25. The number of rotatable bonds is 5. The van der Waals surface area contributed by atoms with Crippen LogP contribution < -0.4 is 5.32 Å². The third-order valence-electron chi connectivity index (χ3n) is 5.17. The maximum absolute atomic E-state index is 12.7. The molecule has 1 fully saturated rings. The van der Waals surface area contributed by atoms with Crippen LogP contribution in [0, 0.1) is 6.92 Å². The quantitative estimate of drug-likeness (QED) is 0.702. The summed E-state index contributed by atoms with van der Waals surface area (Å²) in [5.74, 6) is -0.0687. The van der Waals surface area contributed by atoms with Crippen LogP contribution in [0.5, 0.6) is 0 Å². The predicted molar refractivity (Wildman–Crippen MR) is 112 cm³/mol.